The molecule has 9 nitrogen and oxygen atoms in total. The Labute approximate surface area is 191 Å². The molecule has 1 heterocycles. The van der Waals surface area contributed by atoms with Crippen LogP contribution in [0.15, 0.2) is 6.20 Å². The SMILES string of the molecule is CCCCOCC(CCCCC(C)=O)NC(=O)CCn1cc(CC(=O)COCCC)nn1. The number of hydrogen-bond donors (Lipinski definition) is 1. The average Bonchev–Trinajstić information content (AvgIpc) is 3.19. The number of nitrogens with zero attached hydrogens (tertiary/aromatic N) is 3. The molecule has 0 aliphatic carbocycles. The average molecular weight is 453 g/mol. The van der Waals surface area contributed by atoms with Gasteiger partial charge in [0.05, 0.1) is 31.3 Å². The lowest BCUT2D eigenvalue weighted by Gasteiger charge is -2.19. The van der Waals surface area contributed by atoms with Crippen molar-refractivity contribution in [2.75, 3.05) is 26.4 Å². The maximum Gasteiger partial charge on any atom is 0.222 e. The molecular formula is C23H40N4O5. The van der Waals surface area contributed by atoms with Crippen LogP contribution in [0.25, 0.3) is 0 Å². The summed E-state index contributed by atoms with van der Waals surface area (Å²) in [4.78, 5) is 35.4. The van der Waals surface area contributed by atoms with Crippen molar-refractivity contribution in [2.45, 2.75) is 91.1 Å². The van der Waals surface area contributed by atoms with E-state index < -0.39 is 0 Å². The predicted octanol–water partition coefficient (Wildman–Crippen LogP) is 2.66. The molecule has 9 heteroatoms. The molecule has 0 radical (unpaired) electrons. The minimum atomic E-state index is -0.0817. The first kappa shape index (κ1) is 27.9. The van der Waals surface area contributed by atoms with Gasteiger partial charge in [-0.2, -0.15) is 0 Å². The number of ether oxygens (including phenoxy) is 2. The van der Waals surface area contributed by atoms with E-state index in [0.29, 0.717) is 38.5 Å². The smallest absolute Gasteiger partial charge is 0.222 e. The molecule has 1 amide bonds. The molecule has 0 spiro atoms. The maximum atomic E-state index is 12.4. The Bertz CT molecular complexity index is 677. The van der Waals surface area contributed by atoms with E-state index in [4.69, 9.17) is 9.47 Å². The summed E-state index contributed by atoms with van der Waals surface area (Å²) in [7, 11) is 0. The van der Waals surface area contributed by atoms with E-state index in [0.717, 1.165) is 38.5 Å². The number of unbranched alkanes of at least 4 members (excludes halogenated alkanes) is 2. The fourth-order valence-electron chi connectivity index (χ4n) is 3.06. The van der Waals surface area contributed by atoms with Gasteiger partial charge in [-0.3, -0.25) is 14.3 Å². The van der Waals surface area contributed by atoms with Gasteiger partial charge in [-0.15, -0.1) is 5.10 Å². The van der Waals surface area contributed by atoms with Crippen LogP contribution in [0.1, 0.15) is 77.8 Å². The van der Waals surface area contributed by atoms with Crippen molar-refractivity contribution < 1.29 is 23.9 Å². The van der Waals surface area contributed by atoms with Crippen molar-refractivity contribution in [2.24, 2.45) is 0 Å². The van der Waals surface area contributed by atoms with Gasteiger partial charge in [0.15, 0.2) is 5.78 Å². The third-order valence-corrected chi connectivity index (χ3v) is 4.80. The van der Waals surface area contributed by atoms with Gasteiger partial charge in [0.25, 0.3) is 0 Å². The highest BCUT2D eigenvalue weighted by atomic mass is 16.5. The number of ketones is 2. The van der Waals surface area contributed by atoms with Gasteiger partial charge in [-0.25, -0.2) is 0 Å². The van der Waals surface area contributed by atoms with Crippen molar-refractivity contribution in [3.05, 3.63) is 11.9 Å². The lowest BCUT2D eigenvalue weighted by atomic mass is 10.1. The van der Waals surface area contributed by atoms with Crippen LogP contribution in [0.4, 0.5) is 0 Å². The second-order valence-corrected chi connectivity index (χ2v) is 8.13. The normalized spacial score (nSPS) is 12.0. The Kier molecular flexibility index (Phi) is 15.2. The fraction of sp³-hybridized carbons (Fsp3) is 0.783. The topological polar surface area (TPSA) is 112 Å². The zero-order valence-electron chi connectivity index (χ0n) is 19.9. The molecule has 182 valence electrons. The van der Waals surface area contributed by atoms with E-state index in [1.54, 1.807) is 17.8 Å². The number of carbonyl (C=O) groups is 3. The third-order valence-electron chi connectivity index (χ3n) is 4.80. The standard InChI is InChI=1S/C23H40N4O5/c1-4-6-14-32-17-20(10-8-7-9-19(3)28)24-23(30)11-12-27-16-21(25-26-27)15-22(29)18-31-13-5-2/h16,20H,4-15,17-18H2,1-3H3,(H,24,30). The molecular weight excluding hydrogens is 412 g/mol. The second-order valence-electron chi connectivity index (χ2n) is 8.13. The summed E-state index contributed by atoms with van der Waals surface area (Å²) in [5.74, 6) is 0.0628. The summed E-state index contributed by atoms with van der Waals surface area (Å²) in [6.45, 7) is 7.87. The number of carbonyl (C=O) groups excluding carboxylic acids is 3. The second kappa shape index (κ2) is 17.4. The Morgan fingerprint density at radius 1 is 1.06 bits per heavy atom. The molecule has 1 atom stereocenters. The van der Waals surface area contributed by atoms with E-state index in [1.165, 1.54) is 0 Å². The molecule has 1 rings (SSSR count). The summed E-state index contributed by atoms with van der Waals surface area (Å²) in [6.07, 6.45) is 8.08. The van der Waals surface area contributed by atoms with Crippen molar-refractivity contribution in [3.8, 4) is 0 Å². The molecule has 32 heavy (non-hydrogen) atoms. The first-order valence-electron chi connectivity index (χ1n) is 11.8. The molecule has 0 fully saturated rings. The van der Waals surface area contributed by atoms with Crippen LogP contribution >= 0.6 is 0 Å². The summed E-state index contributed by atoms with van der Waals surface area (Å²) >= 11 is 0. The van der Waals surface area contributed by atoms with E-state index >= 15 is 0 Å². The minimum absolute atomic E-state index is 0.0427. The van der Waals surface area contributed by atoms with Crippen LogP contribution in [0.5, 0.6) is 0 Å². The fourth-order valence-corrected chi connectivity index (χ4v) is 3.06. The Balaban J connectivity index is 2.40. The van der Waals surface area contributed by atoms with Gasteiger partial charge in [0.2, 0.25) is 5.91 Å². The van der Waals surface area contributed by atoms with Crippen LogP contribution in [0.2, 0.25) is 0 Å². The number of nitrogens with one attached hydrogen (secondary N) is 1. The molecule has 0 saturated carbocycles. The number of aromatic nitrogens is 3. The molecule has 1 N–H and O–H groups in total. The van der Waals surface area contributed by atoms with Gasteiger partial charge in [-0.05, 0) is 32.6 Å². The van der Waals surface area contributed by atoms with Crippen molar-refractivity contribution >= 4 is 17.5 Å². The number of Topliss-reactive ketones (excluding diaryl/α,β-unsaturated/α-hetero) is 2. The highest BCUT2D eigenvalue weighted by Gasteiger charge is 2.14. The third kappa shape index (κ3) is 14.0. The van der Waals surface area contributed by atoms with Gasteiger partial charge < -0.3 is 19.6 Å². The molecule has 0 aliphatic rings. The van der Waals surface area contributed by atoms with E-state index in [2.05, 4.69) is 22.6 Å². The predicted molar refractivity (Wildman–Crippen MR) is 121 cm³/mol. The highest BCUT2D eigenvalue weighted by molar-refractivity contribution is 5.81. The lowest BCUT2D eigenvalue weighted by molar-refractivity contribution is -0.123. The van der Waals surface area contributed by atoms with Crippen molar-refractivity contribution in [1.29, 1.82) is 0 Å². The zero-order chi connectivity index (χ0) is 23.6. The van der Waals surface area contributed by atoms with E-state index in [9.17, 15) is 14.4 Å². The number of aryl methyl sites for hydroxylation is 1. The molecule has 0 aliphatic heterocycles. The Morgan fingerprint density at radius 2 is 1.88 bits per heavy atom. The highest BCUT2D eigenvalue weighted by Crippen LogP contribution is 2.06. The molecule has 1 aromatic rings. The number of amides is 1. The Morgan fingerprint density at radius 3 is 2.59 bits per heavy atom. The van der Waals surface area contributed by atoms with Crippen LogP contribution in [0, 0.1) is 0 Å². The van der Waals surface area contributed by atoms with Gasteiger partial charge >= 0.3 is 0 Å². The largest absolute Gasteiger partial charge is 0.379 e. The van der Waals surface area contributed by atoms with Gasteiger partial charge in [-0.1, -0.05) is 31.9 Å². The van der Waals surface area contributed by atoms with Crippen LogP contribution in [-0.2, 0) is 36.8 Å². The Hall–Kier alpha value is -2.13. The number of rotatable bonds is 20. The molecule has 0 bridgehead atoms. The van der Waals surface area contributed by atoms with Gasteiger partial charge in [0.1, 0.15) is 12.4 Å². The van der Waals surface area contributed by atoms with Gasteiger partial charge in [0, 0.05) is 32.3 Å². The summed E-state index contributed by atoms with van der Waals surface area (Å²) in [6, 6.07) is -0.0710. The molecule has 1 unspecified atom stereocenters. The van der Waals surface area contributed by atoms with Crippen molar-refractivity contribution in [1.82, 2.24) is 20.3 Å². The molecule has 0 saturated heterocycles. The van der Waals surface area contributed by atoms with Crippen molar-refractivity contribution in [3.63, 3.8) is 0 Å². The quantitative estimate of drug-likeness (QED) is 0.303. The summed E-state index contributed by atoms with van der Waals surface area (Å²) in [5, 5.41) is 11.0. The van der Waals surface area contributed by atoms with Crippen LogP contribution in [0.3, 0.4) is 0 Å². The van der Waals surface area contributed by atoms with E-state index in [-0.39, 0.29) is 43.0 Å². The van der Waals surface area contributed by atoms with Crippen LogP contribution < -0.4 is 5.32 Å². The summed E-state index contributed by atoms with van der Waals surface area (Å²) < 4.78 is 12.5. The zero-order valence-corrected chi connectivity index (χ0v) is 19.9. The number of hydrogen-bond acceptors (Lipinski definition) is 7. The summed E-state index contributed by atoms with van der Waals surface area (Å²) in [5.41, 5.74) is 0.572. The monoisotopic (exact) mass is 452 g/mol. The molecule has 1 aromatic heterocycles. The first-order chi connectivity index (χ1) is 15.4. The molecule has 0 aromatic carbocycles. The lowest BCUT2D eigenvalue weighted by Crippen LogP contribution is -2.38. The first-order valence-corrected chi connectivity index (χ1v) is 11.8. The maximum absolute atomic E-state index is 12.4. The van der Waals surface area contributed by atoms with Crippen LogP contribution in [-0.4, -0.2) is 64.9 Å². The van der Waals surface area contributed by atoms with E-state index in [1.807, 2.05) is 6.92 Å². The minimum Gasteiger partial charge on any atom is -0.379 e.